The van der Waals surface area contributed by atoms with E-state index in [1.54, 1.807) is 26.4 Å². The Hall–Kier alpha value is -1.47. The molecule has 1 aliphatic carbocycles. The molecule has 2 aromatic carbocycles. The molecule has 0 aliphatic heterocycles. The van der Waals surface area contributed by atoms with E-state index < -0.39 is 0 Å². The normalized spacial score (nSPS) is 14.7. The first-order valence-corrected chi connectivity index (χ1v) is 9.40. The zero-order valence-electron chi connectivity index (χ0n) is 14.1. The Morgan fingerprint density at radius 1 is 1.16 bits per heavy atom. The van der Waals surface area contributed by atoms with Gasteiger partial charge in [-0.05, 0) is 65.3 Å². The van der Waals surface area contributed by atoms with Crippen molar-refractivity contribution in [3.05, 3.63) is 56.1 Å². The van der Waals surface area contributed by atoms with E-state index in [2.05, 4.69) is 27.9 Å². The van der Waals surface area contributed by atoms with Gasteiger partial charge in [0, 0.05) is 20.6 Å². The van der Waals surface area contributed by atoms with Crippen LogP contribution >= 0.6 is 34.2 Å². The van der Waals surface area contributed by atoms with E-state index in [1.807, 2.05) is 24.3 Å². The van der Waals surface area contributed by atoms with E-state index in [-0.39, 0.29) is 11.3 Å². The minimum Gasteiger partial charge on any atom is -0.493 e. The lowest BCUT2D eigenvalue weighted by Crippen LogP contribution is -2.32. The van der Waals surface area contributed by atoms with E-state index in [1.165, 1.54) is 5.56 Å². The van der Waals surface area contributed by atoms with Gasteiger partial charge in [-0.3, -0.25) is 4.79 Å². The van der Waals surface area contributed by atoms with E-state index in [4.69, 9.17) is 21.1 Å². The molecule has 6 heteroatoms. The van der Waals surface area contributed by atoms with Crippen molar-refractivity contribution in [1.29, 1.82) is 0 Å². The largest absolute Gasteiger partial charge is 0.493 e. The molecule has 0 atom stereocenters. The first kappa shape index (κ1) is 18.3. The summed E-state index contributed by atoms with van der Waals surface area (Å²) in [5.41, 5.74) is 1.84. The molecular formula is C19H19ClINO3. The number of halogens is 2. The number of hydrogen-bond acceptors (Lipinski definition) is 3. The highest BCUT2D eigenvalue weighted by molar-refractivity contribution is 14.1. The monoisotopic (exact) mass is 471 g/mol. The fraction of sp³-hybridized carbons (Fsp3) is 0.316. The van der Waals surface area contributed by atoms with Gasteiger partial charge in [-0.2, -0.15) is 0 Å². The van der Waals surface area contributed by atoms with Crippen LogP contribution in [0, 0.1) is 3.57 Å². The van der Waals surface area contributed by atoms with Crippen molar-refractivity contribution in [3.63, 3.8) is 0 Å². The highest BCUT2D eigenvalue weighted by Crippen LogP contribution is 2.47. The molecule has 0 heterocycles. The van der Waals surface area contributed by atoms with Crippen LogP contribution in [0.3, 0.4) is 0 Å². The zero-order chi connectivity index (χ0) is 18.0. The molecule has 0 aromatic heterocycles. The third kappa shape index (κ3) is 3.87. The summed E-state index contributed by atoms with van der Waals surface area (Å²) in [7, 11) is 3.14. The molecule has 2 aromatic rings. The van der Waals surface area contributed by atoms with Gasteiger partial charge in [0.15, 0.2) is 11.5 Å². The van der Waals surface area contributed by atoms with Crippen LogP contribution in [0.2, 0.25) is 5.02 Å². The molecule has 0 unspecified atom stereocenters. The molecular weight excluding hydrogens is 453 g/mol. The van der Waals surface area contributed by atoms with E-state index in [9.17, 15) is 4.79 Å². The third-order valence-corrected chi connectivity index (χ3v) is 5.76. The molecule has 1 saturated carbocycles. The molecule has 0 bridgehead atoms. The predicted molar refractivity (Wildman–Crippen MR) is 107 cm³/mol. The third-order valence-electron chi connectivity index (χ3n) is 4.62. The first-order chi connectivity index (χ1) is 12.0. The fourth-order valence-corrected chi connectivity index (χ4v) is 3.70. The molecule has 0 radical (unpaired) electrons. The highest BCUT2D eigenvalue weighted by Gasteiger charge is 2.44. The zero-order valence-corrected chi connectivity index (χ0v) is 17.0. The Balaban J connectivity index is 1.74. The van der Waals surface area contributed by atoms with Crippen LogP contribution in [0.1, 0.15) is 28.8 Å². The van der Waals surface area contributed by atoms with Crippen LogP contribution in [0.15, 0.2) is 36.4 Å². The summed E-state index contributed by atoms with van der Waals surface area (Å²) in [5, 5.41) is 3.80. The Bertz CT molecular complexity index is 788. The molecule has 3 rings (SSSR count). The summed E-state index contributed by atoms with van der Waals surface area (Å²) in [4.78, 5) is 12.7. The number of carbonyl (C=O) groups excluding carboxylic acids is 1. The number of nitrogens with one attached hydrogen (secondary N) is 1. The van der Waals surface area contributed by atoms with Crippen LogP contribution in [-0.2, 0) is 5.41 Å². The molecule has 132 valence electrons. The van der Waals surface area contributed by atoms with Crippen molar-refractivity contribution in [2.75, 3.05) is 20.8 Å². The standard InChI is InChI=1S/C19H19ClINO3/c1-24-16-9-14(15(21)10-17(16)25-2)18(23)22-11-19(7-8-19)12-3-5-13(20)6-4-12/h3-6,9-10H,7-8,11H2,1-2H3,(H,22,23). The number of hydrogen-bond donors (Lipinski definition) is 1. The van der Waals surface area contributed by atoms with Gasteiger partial charge in [0.25, 0.3) is 5.91 Å². The summed E-state index contributed by atoms with van der Waals surface area (Å²) >= 11 is 8.11. The van der Waals surface area contributed by atoms with Crippen molar-refractivity contribution in [3.8, 4) is 11.5 Å². The topological polar surface area (TPSA) is 47.6 Å². The molecule has 0 spiro atoms. The Labute approximate surface area is 166 Å². The number of benzene rings is 2. The van der Waals surface area contributed by atoms with Gasteiger partial charge < -0.3 is 14.8 Å². The lowest BCUT2D eigenvalue weighted by Gasteiger charge is -2.18. The molecule has 1 N–H and O–H groups in total. The number of ether oxygens (including phenoxy) is 2. The maximum Gasteiger partial charge on any atom is 0.252 e. The van der Waals surface area contributed by atoms with Crippen molar-refractivity contribution < 1.29 is 14.3 Å². The minimum atomic E-state index is -0.106. The Morgan fingerprint density at radius 2 is 1.76 bits per heavy atom. The molecule has 1 aliphatic rings. The van der Waals surface area contributed by atoms with Gasteiger partial charge in [-0.25, -0.2) is 0 Å². The summed E-state index contributed by atoms with van der Waals surface area (Å²) in [6.45, 7) is 0.609. The number of methoxy groups -OCH3 is 2. The van der Waals surface area contributed by atoms with Crippen molar-refractivity contribution in [2.24, 2.45) is 0 Å². The van der Waals surface area contributed by atoms with Gasteiger partial charge in [-0.15, -0.1) is 0 Å². The van der Waals surface area contributed by atoms with Crippen molar-refractivity contribution >= 4 is 40.1 Å². The number of amides is 1. The van der Waals surface area contributed by atoms with Crippen molar-refractivity contribution in [2.45, 2.75) is 18.3 Å². The number of rotatable bonds is 6. The van der Waals surface area contributed by atoms with Gasteiger partial charge >= 0.3 is 0 Å². The van der Waals surface area contributed by atoms with Crippen LogP contribution in [0.4, 0.5) is 0 Å². The lowest BCUT2D eigenvalue weighted by atomic mass is 9.96. The second kappa shape index (κ2) is 7.41. The van der Waals surface area contributed by atoms with Gasteiger partial charge in [-0.1, -0.05) is 23.7 Å². The second-order valence-corrected chi connectivity index (χ2v) is 7.76. The van der Waals surface area contributed by atoms with Crippen LogP contribution in [0.5, 0.6) is 11.5 Å². The molecule has 25 heavy (non-hydrogen) atoms. The Kier molecular flexibility index (Phi) is 5.43. The van der Waals surface area contributed by atoms with Gasteiger partial charge in [0.2, 0.25) is 0 Å². The summed E-state index contributed by atoms with van der Waals surface area (Å²) < 4.78 is 11.4. The Morgan fingerprint density at radius 3 is 2.32 bits per heavy atom. The average Bonchev–Trinajstić information content (AvgIpc) is 3.41. The predicted octanol–water partition coefficient (Wildman–Crippen LogP) is 4.42. The first-order valence-electron chi connectivity index (χ1n) is 7.95. The molecule has 1 amide bonds. The average molecular weight is 472 g/mol. The molecule has 4 nitrogen and oxygen atoms in total. The highest BCUT2D eigenvalue weighted by atomic mass is 127. The van der Waals surface area contributed by atoms with Crippen molar-refractivity contribution in [1.82, 2.24) is 5.32 Å². The van der Waals surface area contributed by atoms with E-state index in [0.717, 1.165) is 21.4 Å². The summed E-state index contributed by atoms with van der Waals surface area (Å²) in [5.74, 6) is 1.06. The van der Waals surface area contributed by atoms with Gasteiger partial charge in [0.1, 0.15) is 0 Å². The molecule has 0 saturated heterocycles. The SMILES string of the molecule is COc1cc(I)c(C(=O)NCC2(c3ccc(Cl)cc3)CC2)cc1OC. The fourth-order valence-electron chi connectivity index (χ4n) is 2.89. The van der Waals surface area contributed by atoms with Crippen LogP contribution in [0.25, 0.3) is 0 Å². The minimum absolute atomic E-state index is 0.0300. The lowest BCUT2D eigenvalue weighted by molar-refractivity contribution is 0.0948. The van der Waals surface area contributed by atoms with Crippen LogP contribution < -0.4 is 14.8 Å². The maximum atomic E-state index is 12.7. The van der Waals surface area contributed by atoms with E-state index >= 15 is 0 Å². The van der Waals surface area contributed by atoms with E-state index in [0.29, 0.717) is 23.6 Å². The second-order valence-electron chi connectivity index (χ2n) is 6.16. The van der Waals surface area contributed by atoms with Crippen LogP contribution in [-0.4, -0.2) is 26.7 Å². The summed E-state index contributed by atoms with van der Waals surface area (Å²) in [6, 6.07) is 11.4. The summed E-state index contributed by atoms with van der Waals surface area (Å²) in [6.07, 6.45) is 2.13. The molecule has 1 fully saturated rings. The number of carbonyl (C=O) groups is 1. The smallest absolute Gasteiger partial charge is 0.252 e. The quantitative estimate of drug-likeness (QED) is 0.635. The maximum absolute atomic E-state index is 12.7. The van der Waals surface area contributed by atoms with Gasteiger partial charge in [0.05, 0.1) is 19.8 Å².